The van der Waals surface area contributed by atoms with Crippen molar-refractivity contribution in [1.29, 1.82) is 0 Å². The lowest BCUT2D eigenvalue weighted by atomic mass is 10.1. The van der Waals surface area contributed by atoms with Gasteiger partial charge in [-0.1, -0.05) is 29.3 Å². The fourth-order valence-electron chi connectivity index (χ4n) is 1.32. The Hall–Kier alpha value is 0.240. The van der Waals surface area contributed by atoms with E-state index in [-0.39, 0.29) is 23.0 Å². The van der Waals surface area contributed by atoms with Gasteiger partial charge in [0.15, 0.2) is 0 Å². The molecule has 0 amide bonds. The smallest absolute Gasteiger partial charge is 0.0595 e. The molecule has 1 atom stereocenters. The molecule has 2 N–H and O–H groups in total. The number of halogens is 3. The molecule has 0 saturated carbocycles. The monoisotopic (exact) mass is 311 g/mol. The first-order chi connectivity index (χ1) is 6.59. The molecule has 1 rings (SSSR count). The Balaban J connectivity index is 0.00000196. The largest absolute Gasteiger partial charge is 0.328 e. The van der Waals surface area contributed by atoms with Gasteiger partial charge in [0.25, 0.3) is 0 Å². The Morgan fingerprint density at radius 1 is 1.27 bits per heavy atom. The van der Waals surface area contributed by atoms with E-state index in [4.69, 9.17) is 28.9 Å². The van der Waals surface area contributed by atoms with Gasteiger partial charge in [0.1, 0.15) is 0 Å². The first kappa shape index (κ1) is 15.2. The molecule has 0 bridgehead atoms. The standard InChI is InChI=1S/C11H15Cl2N.BrH/c1-8(14)3-2-4-9-5-6-10(12)11(13)7-9;/h5-8H,2-4,14H2,1H3;1H. The quantitative estimate of drug-likeness (QED) is 0.884. The van der Waals surface area contributed by atoms with Crippen LogP contribution in [-0.2, 0) is 6.42 Å². The zero-order valence-corrected chi connectivity index (χ0v) is 11.9. The number of nitrogens with two attached hydrogens (primary N) is 1. The fourth-order valence-corrected chi connectivity index (χ4v) is 1.64. The average Bonchev–Trinajstić information content (AvgIpc) is 2.10. The van der Waals surface area contributed by atoms with Crippen LogP contribution >= 0.6 is 40.2 Å². The third kappa shape index (κ3) is 5.76. The van der Waals surface area contributed by atoms with Crippen LogP contribution in [0.2, 0.25) is 10.0 Å². The summed E-state index contributed by atoms with van der Waals surface area (Å²) in [5, 5.41) is 1.24. The molecule has 0 aliphatic rings. The lowest BCUT2D eigenvalue weighted by Crippen LogP contribution is -2.14. The minimum absolute atomic E-state index is 0. The predicted molar refractivity (Wildman–Crippen MR) is 73.4 cm³/mol. The van der Waals surface area contributed by atoms with Crippen LogP contribution < -0.4 is 5.73 Å². The summed E-state index contributed by atoms with van der Waals surface area (Å²) in [6.07, 6.45) is 3.15. The molecule has 1 unspecified atom stereocenters. The van der Waals surface area contributed by atoms with E-state index >= 15 is 0 Å². The van der Waals surface area contributed by atoms with E-state index in [0.717, 1.165) is 19.3 Å². The minimum atomic E-state index is 0. The van der Waals surface area contributed by atoms with E-state index in [1.165, 1.54) is 5.56 Å². The maximum atomic E-state index is 5.90. The summed E-state index contributed by atoms with van der Waals surface area (Å²) in [6.45, 7) is 2.02. The van der Waals surface area contributed by atoms with Crippen LogP contribution in [0, 0.1) is 0 Å². The topological polar surface area (TPSA) is 26.0 Å². The normalized spacial score (nSPS) is 12.0. The molecule has 15 heavy (non-hydrogen) atoms. The molecule has 0 radical (unpaired) electrons. The van der Waals surface area contributed by atoms with Crippen LogP contribution in [0.4, 0.5) is 0 Å². The maximum absolute atomic E-state index is 5.90. The molecule has 0 spiro atoms. The van der Waals surface area contributed by atoms with Crippen molar-refractivity contribution in [3.63, 3.8) is 0 Å². The molecule has 0 saturated heterocycles. The molecule has 86 valence electrons. The highest BCUT2D eigenvalue weighted by Gasteiger charge is 2.00. The number of rotatable bonds is 4. The van der Waals surface area contributed by atoms with E-state index < -0.39 is 0 Å². The molecular formula is C11H16BrCl2N. The van der Waals surface area contributed by atoms with Gasteiger partial charge in [0.2, 0.25) is 0 Å². The summed E-state index contributed by atoms with van der Waals surface area (Å²) in [5.74, 6) is 0. The van der Waals surface area contributed by atoms with Crippen molar-refractivity contribution in [3.8, 4) is 0 Å². The second kappa shape index (κ2) is 7.50. The van der Waals surface area contributed by atoms with Gasteiger partial charge in [-0.25, -0.2) is 0 Å². The lowest BCUT2D eigenvalue weighted by Gasteiger charge is -2.05. The van der Waals surface area contributed by atoms with E-state index in [2.05, 4.69) is 0 Å². The van der Waals surface area contributed by atoms with Gasteiger partial charge in [0, 0.05) is 6.04 Å². The Bertz CT molecular complexity index is 303. The van der Waals surface area contributed by atoms with Gasteiger partial charge in [-0.15, -0.1) is 17.0 Å². The summed E-state index contributed by atoms with van der Waals surface area (Å²) >= 11 is 11.7. The second-order valence-corrected chi connectivity index (χ2v) is 4.43. The Morgan fingerprint density at radius 3 is 2.47 bits per heavy atom. The van der Waals surface area contributed by atoms with Crippen molar-refractivity contribution in [2.75, 3.05) is 0 Å². The third-order valence-corrected chi connectivity index (χ3v) is 2.85. The van der Waals surface area contributed by atoms with Crippen molar-refractivity contribution in [3.05, 3.63) is 33.8 Å². The van der Waals surface area contributed by atoms with Crippen molar-refractivity contribution in [2.45, 2.75) is 32.2 Å². The van der Waals surface area contributed by atoms with Gasteiger partial charge < -0.3 is 5.73 Å². The zero-order chi connectivity index (χ0) is 10.6. The molecule has 1 aromatic carbocycles. The minimum Gasteiger partial charge on any atom is -0.328 e. The summed E-state index contributed by atoms with van der Waals surface area (Å²) in [6, 6.07) is 6.05. The first-order valence-corrected chi connectivity index (χ1v) is 5.54. The van der Waals surface area contributed by atoms with Crippen molar-refractivity contribution in [1.82, 2.24) is 0 Å². The van der Waals surface area contributed by atoms with Gasteiger partial charge >= 0.3 is 0 Å². The molecule has 1 nitrogen and oxygen atoms in total. The average molecular weight is 313 g/mol. The van der Waals surface area contributed by atoms with Crippen molar-refractivity contribution >= 4 is 40.2 Å². The highest BCUT2D eigenvalue weighted by atomic mass is 79.9. The summed E-state index contributed by atoms with van der Waals surface area (Å²) in [5.41, 5.74) is 6.89. The van der Waals surface area contributed by atoms with Crippen LogP contribution in [0.25, 0.3) is 0 Å². The molecule has 0 fully saturated rings. The van der Waals surface area contributed by atoms with Crippen LogP contribution in [0.15, 0.2) is 18.2 Å². The Kier molecular flexibility index (Phi) is 7.62. The van der Waals surface area contributed by atoms with E-state index in [1.807, 2.05) is 25.1 Å². The van der Waals surface area contributed by atoms with Crippen molar-refractivity contribution < 1.29 is 0 Å². The Labute approximate surface area is 112 Å². The van der Waals surface area contributed by atoms with E-state index in [0.29, 0.717) is 10.0 Å². The van der Waals surface area contributed by atoms with E-state index in [1.54, 1.807) is 0 Å². The van der Waals surface area contributed by atoms with Gasteiger partial charge in [-0.05, 0) is 43.9 Å². The van der Waals surface area contributed by atoms with Gasteiger partial charge in [-0.2, -0.15) is 0 Å². The fraction of sp³-hybridized carbons (Fsp3) is 0.455. The lowest BCUT2D eigenvalue weighted by molar-refractivity contribution is 0.624. The third-order valence-electron chi connectivity index (χ3n) is 2.11. The predicted octanol–water partition coefficient (Wildman–Crippen LogP) is 4.24. The molecule has 0 aromatic heterocycles. The molecule has 1 aromatic rings. The van der Waals surface area contributed by atoms with Crippen molar-refractivity contribution in [2.24, 2.45) is 5.73 Å². The molecular weight excluding hydrogens is 297 g/mol. The number of hydrogen-bond donors (Lipinski definition) is 1. The molecule has 4 heteroatoms. The number of hydrogen-bond acceptors (Lipinski definition) is 1. The van der Waals surface area contributed by atoms with Gasteiger partial charge in [0.05, 0.1) is 10.0 Å². The highest BCUT2D eigenvalue weighted by molar-refractivity contribution is 8.93. The second-order valence-electron chi connectivity index (χ2n) is 3.62. The van der Waals surface area contributed by atoms with Crippen LogP contribution in [0.1, 0.15) is 25.3 Å². The van der Waals surface area contributed by atoms with E-state index in [9.17, 15) is 0 Å². The first-order valence-electron chi connectivity index (χ1n) is 4.79. The zero-order valence-electron chi connectivity index (χ0n) is 8.67. The number of aryl methyl sites for hydroxylation is 1. The van der Waals surface area contributed by atoms with Crippen LogP contribution in [0.5, 0.6) is 0 Å². The number of benzene rings is 1. The molecule has 0 aliphatic heterocycles. The van der Waals surface area contributed by atoms with Crippen LogP contribution in [0.3, 0.4) is 0 Å². The Morgan fingerprint density at radius 2 is 1.93 bits per heavy atom. The summed E-state index contributed by atoms with van der Waals surface area (Å²) < 4.78 is 0. The maximum Gasteiger partial charge on any atom is 0.0595 e. The molecule has 0 aliphatic carbocycles. The SMILES string of the molecule is Br.CC(N)CCCc1ccc(Cl)c(Cl)c1. The molecule has 0 heterocycles. The summed E-state index contributed by atoms with van der Waals surface area (Å²) in [7, 11) is 0. The highest BCUT2D eigenvalue weighted by Crippen LogP contribution is 2.23. The summed E-state index contributed by atoms with van der Waals surface area (Å²) in [4.78, 5) is 0. The van der Waals surface area contributed by atoms with Crippen LogP contribution in [-0.4, -0.2) is 6.04 Å². The van der Waals surface area contributed by atoms with Gasteiger partial charge in [-0.3, -0.25) is 0 Å².